The average Bonchev–Trinajstić information content (AvgIpc) is 3.23. The van der Waals surface area contributed by atoms with Gasteiger partial charge in [0.05, 0.1) is 18.0 Å². The summed E-state index contributed by atoms with van der Waals surface area (Å²) >= 11 is 5.92. The summed E-state index contributed by atoms with van der Waals surface area (Å²) in [5.41, 5.74) is 3.01. The van der Waals surface area contributed by atoms with Crippen LogP contribution in [0.4, 0.5) is 0 Å². The number of rotatable bonds is 6. The third-order valence-electron chi connectivity index (χ3n) is 6.21. The van der Waals surface area contributed by atoms with E-state index in [0.717, 1.165) is 48.9 Å². The summed E-state index contributed by atoms with van der Waals surface area (Å²) in [6.07, 6.45) is 4.12. The minimum atomic E-state index is -0.171. The van der Waals surface area contributed by atoms with E-state index in [0.29, 0.717) is 28.6 Å². The molecule has 3 aromatic rings. The molecule has 2 amide bonds. The Balaban J connectivity index is 1.38. The maximum absolute atomic E-state index is 12.7. The maximum Gasteiger partial charge on any atom is 0.253 e. The highest BCUT2D eigenvalue weighted by atomic mass is 35.5. The number of likely N-dealkylation sites (tertiary alicyclic amines) is 1. The molecule has 2 heterocycles. The first-order chi connectivity index (χ1) is 16.0. The van der Waals surface area contributed by atoms with Crippen molar-refractivity contribution in [3.63, 3.8) is 0 Å². The largest absolute Gasteiger partial charge is 0.351 e. The van der Waals surface area contributed by atoms with Crippen molar-refractivity contribution in [3.8, 4) is 6.07 Å². The molecule has 1 aliphatic heterocycles. The van der Waals surface area contributed by atoms with Gasteiger partial charge in [0.1, 0.15) is 0 Å². The highest BCUT2D eigenvalue weighted by Crippen LogP contribution is 2.25. The second kappa shape index (κ2) is 10.1. The Morgan fingerprint density at radius 1 is 1.18 bits per heavy atom. The van der Waals surface area contributed by atoms with Crippen LogP contribution in [0, 0.1) is 24.2 Å². The summed E-state index contributed by atoms with van der Waals surface area (Å²) in [6.45, 7) is 4.48. The van der Waals surface area contributed by atoms with E-state index in [-0.39, 0.29) is 18.2 Å². The number of carbonyl (C=O) groups excluding carboxylic acids is 2. The fourth-order valence-corrected chi connectivity index (χ4v) is 4.43. The molecule has 1 N–H and O–H groups in total. The maximum atomic E-state index is 12.7. The summed E-state index contributed by atoms with van der Waals surface area (Å²) in [7, 11) is 0. The van der Waals surface area contributed by atoms with Crippen molar-refractivity contribution in [3.05, 3.63) is 64.3 Å². The van der Waals surface area contributed by atoms with E-state index in [9.17, 15) is 9.59 Å². The Morgan fingerprint density at radius 3 is 2.61 bits per heavy atom. The number of halogens is 1. The van der Waals surface area contributed by atoms with Crippen molar-refractivity contribution < 1.29 is 9.59 Å². The molecule has 0 saturated carbocycles. The summed E-state index contributed by atoms with van der Waals surface area (Å²) in [5, 5.41) is 17.7. The van der Waals surface area contributed by atoms with E-state index in [2.05, 4.69) is 5.32 Å². The Kier molecular flexibility index (Phi) is 6.95. The zero-order chi connectivity index (χ0) is 23.4. The van der Waals surface area contributed by atoms with E-state index >= 15 is 0 Å². The first-order valence-electron chi connectivity index (χ1n) is 11.1. The number of piperidine rings is 1. The smallest absolute Gasteiger partial charge is 0.253 e. The third kappa shape index (κ3) is 5.18. The normalized spacial score (nSPS) is 14.3. The molecule has 0 aliphatic carbocycles. The van der Waals surface area contributed by atoms with Crippen LogP contribution < -0.4 is 5.32 Å². The first-order valence-corrected chi connectivity index (χ1v) is 11.5. The molecule has 1 aliphatic rings. The van der Waals surface area contributed by atoms with Crippen LogP contribution in [-0.4, -0.2) is 46.1 Å². The monoisotopic (exact) mass is 463 g/mol. The number of carbonyl (C=O) groups is 2. The highest BCUT2D eigenvalue weighted by molar-refractivity contribution is 6.30. The molecule has 170 valence electrons. The SMILES string of the molecule is Cc1c(C(=O)NCCC#N)ccc2nn(CC3CCN(C(=O)c4ccc(Cl)cc4)CC3)cc12. The number of fused-ring (bicyclic) bond motifs is 1. The fraction of sp³-hybridized carbons (Fsp3) is 0.360. The fourth-order valence-electron chi connectivity index (χ4n) is 4.31. The van der Waals surface area contributed by atoms with Crippen molar-refractivity contribution in [2.45, 2.75) is 32.7 Å². The van der Waals surface area contributed by atoms with Crippen molar-refractivity contribution in [1.29, 1.82) is 5.26 Å². The second-order valence-corrected chi connectivity index (χ2v) is 8.86. The molecule has 8 heteroatoms. The number of hydrogen-bond donors (Lipinski definition) is 1. The van der Waals surface area contributed by atoms with Crippen LogP contribution in [0.25, 0.3) is 10.9 Å². The lowest BCUT2D eigenvalue weighted by Gasteiger charge is -2.32. The molecule has 1 aromatic heterocycles. The molecule has 1 fully saturated rings. The van der Waals surface area contributed by atoms with Gasteiger partial charge in [0.25, 0.3) is 11.8 Å². The zero-order valence-corrected chi connectivity index (χ0v) is 19.3. The molecule has 0 atom stereocenters. The quantitative estimate of drug-likeness (QED) is 0.555. The number of amides is 2. The van der Waals surface area contributed by atoms with Crippen LogP contribution in [0.5, 0.6) is 0 Å². The Morgan fingerprint density at radius 2 is 1.91 bits per heavy atom. The Hall–Kier alpha value is -3.37. The number of aromatic nitrogens is 2. The summed E-state index contributed by atoms with van der Waals surface area (Å²) in [4.78, 5) is 27.0. The number of nitriles is 1. The third-order valence-corrected chi connectivity index (χ3v) is 6.46. The van der Waals surface area contributed by atoms with Crippen LogP contribution in [0.3, 0.4) is 0 Å². The van der Waals surface area contributed by atoms with E-state index < -0.39 is 0 Å². The molecule has 4 rings (SSSR count). The van der Waals surface area contributed by atoms with E-state index in [4.69, 9.17) is 22.0 Å². The van der Waals surface area contributed by atoms with Crippen molar-refractivity contribution in [1.82, 2.24) is 20.0 Å². The van der Waals surface area contributed by atoms with Gasteiger partial charge in [-0.3, -0.25) is 14.3 Å². The lowest BCUT2D eigenvalue weighted by molar-refractivity contribution is 0.0681. The number of nitrogens with one attached hydrogen (secondary N) is 1. The van der Waals surface area contributed by atoms with Gasteiger partial charge in [-0.05, 0) is 67.6 Å². The van der Waals surface area contributed by atoms with Crippen LogP contribution in [0.2, 0.25) is 5.02 Å². The molecule has 0 radical (unpaired) electrons. The predicted octanol–water partition coefficient (Wildman–Crippen LogP) is 4.19. The minimum absolute atomic E-state index is 0.0474. The first kappa shape index (κ1) is 22.8. The summed E-state index contributed by atoms with van der Waals surface area (Å²) < 4.78 is 1.95. The van der Waals surface area contributed by atoms with Crippen LogP contribution in [0.15, 0.2) is 42.6 Å². The Bertz CT molecular complexity index is 1200. The van der Waals surface area contributed by atoms with Crippen LogP contribution >= 0.6 is 11.6 Å². The predicted molar refractivity (Wildman–Crippen MR) is 127 cm³/mol. The van der Waals surface area contributed by atoms with E-state index in [1.165, 1.54) is 0 Å². The molecule has 1 saturated heterocycles. The molecule has 0 unspecified atom stereocenters. The summed E-state index contributed by atoms with van der Waals surface area (Å²) in [6, 6.07) is 12.7. The van der Waals surface area contributed by atoms with Gasteiger partial charge in [-0.15, -0.1) is 0 Å². The molecule has 33 heavy (non-hydrogen) atoms. The molecule has 7 nitrogen and oxygen atoms in total. The lowest BCUT2D eigenvalue weighted by Crippen LogP contribution is -2.39. The van der Waals surface area contributed by atoms with Gasteiger partial charge in [0.2, 0.25) is 0 Å². The van der Waals surface area contributed by atoms with Crippen molar-refractivity contribution in [2.75, 3.05) is 19.6 Å². The molecule has 0 spiro atoms. The van der Waals surface area contributed by atoms with E-state index in [1.54, 1.807) is 30.3 Å². The second-order valence-electron chi connectivity index (χ2n) is 8.43. The Labute approximate surface area is 197 Å². The molecular formula is C25H26ClN5O2. The zero-order valence-electron chi connectivity index (χ0n) is 18.6. The van der Waals surface area contributed by atoms with Gasteiger partial charge in [-0.25, -0.2) is 0 Å². The highest BCUT2D eigenvalue weighted by Gasteiger charge is 2.24. The molecule has 0 bridgehead atoms. The summed E-state index contributed by atoms with van der Waals surface area (Å²) in [5.74, 6) is 0.309. The number of aryl methyl sites for hydroxylation is 1. The molecular weight excluding hydrogens is 438 g/mol. The van der Waals surface area contributed by atoms with Crippen LogP contribution in [-0.2, 0) is 6.54 Å². The van der Waals surface area contributed by atoms with Crippen molar-refractivity contribution >= 4 is 34.3 Å². The number of benzene rings is 2. The minimum Gasteiger partial charge on any atom is -0.351 e. The van der Waals surface area contributed by atoms with Gasteiger partial charge in [0.15, 0.2) is 0 Å². The molecule has 2 aromatic carbocycles. The van der Waals surface area contributed by atoms with Gasteiger partial charge < -0.3 is 10.2 Å². The number of nitrogens with zero attached hydrogens (tertiary/aromatic N) is 4. The number of hydrogen-bond acceptors (Lipinski definition) is 4. The van der Waals surface area contributed by atoms with Gasteiger partial charge in [-0.2, -0.15) is 10.4 Å². The van der Waals surface area contributed by atoms with Gasteiger partial charge in [-0.1, -0.05) is 11.6 Å². The van der Waals surface area contributed by atoms with Gasteiger partial charge >= 0.3 is 0 Å². The van der Waals surface area contributed by atoms with Gasteiger partial charge in [0, 0.05) is 53.9 Å². The standard InChI is InChI=1S/C25H26ClN5O2/c1-17-21(24(32)28-12-2-11-27)7-8-23-22(17)16-31(29-23)15-18-9-13-30(14-10-18)25(33)19-3-5-20(26)6-4-19/h3-8,16,18H,2,9-10,12-15H2,1H3,(H,28,32). The topological polar surface area (TPSA) is 91.0 Å². The van der Waals surface area contributed by atoms with E-state index in [1.807, 2.05) is 34.8 Å². The van der Waals surface area contributed by atoms with Crippen molar-refractivity contribution in [2.24, 2.45) is 5.92 Å². The van der Waals surface area contributed by atoms with Crippen LogP contribution in [0.1, 0.15) is 45.5 Å². The lowest BCUT2D eigenvalue weighted by atomic mass is 9.96. The average molecular weight is 464 g/mol.